The molecule has 6 heteroatoms. The first kappa shape index (κ1) is 19.3. The monoisotopic (exact) mass is 356 g/mol. The van der Waals surface area contributed by atoms with E-state index in [1.165, 1.54) is 0 Å². The Bertz CT molecular complexity index is 712. The van der Waals surface area contributed by atoms with E-state index in [1.54, 1.807) is 7.11 Å². The molecule has 0 atom stereocenters. The highest BCUT2D eigenvalue weighted by Crippen LogP contribution is 2.12. The minimum atomic E-state index is -0.227. The fraction of sp³-hybridized carbons (Fsp3) is 0.300. The third-order valence-electron chi connectivity index (χ3n) is 3.68. The van der Waals surface area contributed by atoms with Gasteiger partial charge in [-0.05, 0) is 36.8 Å². The molecule has 0 radical (unpaired) electrons. The highest BCUT2D eigenvalue weighted by atomic mass is 16.5. The Morgan fingerprint density at radius 1 is 0.846 bits per heavy atom. The summed E-state index contributed by atoms with van der Waals surface area (Å²) in [6, 6.07) is 14.8. The van der Waals surface area contributed by atoms with Gasteiger partial charge < -0.3 is 20.1 Å². The number of hydrogen-bond donors (Lipinski definition) is 2. The lowest BCUT2D eigenvalue weighted by Gasteiger charge is -2.09. The summed E-state index contributed by atoms with van der Waals surface area (Å²) in [5.74, 6) is 1.08. The second-order valence-corrected chi connectivity index (χ2v) is 5.83. The number of aryl methyl sites for hydroxylation is 1. The predicted molar refractivity (Wildman–Crippen MR) is 99.4 cm³/mol. The van der Waals surface area contributed by atoms with E-state index in [2.05, 4.69) is 10.6 Å². The summed E-state index contributed by atoms with van der Waals surface area (Å²) in [6.45, 7) is 2.65. The molecule has 0 fully saturated rings. The van der Waals surface area contributed by atoms with Crippen molar-refractivity contribution in [3.63, 3.8) is 0 Å². The van der Waals surface area contributed by atoms with Crippen LogP contribution in [0.25, 0.3) is 0 Å². The summed E-state index contributed by atoms with van der Waals surface area (Å²) in [6.07, 6.45) is 0.286. The molecule has 26 heavy (non-hydrogen) atoms. The zero-order valence-corrected chi connectivity index (χ0v) is 15.1. The van der Waals surface area contributed by atoms with Crippen LogP contribution in [0.2, 0.25) is 0 Å². The summed E-state index contributed by atoms with van der Waals surface area (Å²) in [7, 11) is 1.60. The Balaban J connectivity index is 1.59. The quantitative estimate of drug-likeness (QED) is 0.673. The van der Waals surface area contributed by atoms with Gasteiger partial charge >= 0.3 is 0 Å². The Morgan fingerprint density at radius 3 is 2.04 bits per heavy atom. The van der Waals surface area contributed by atoms with E-state index in [1.807, 2.05) is 55.5 Å². The summed E-state index contributed by atoms with van der Waals surface area (Å²) in [5.41, 5.74) is 2.03. The van der Waals surface area contributed by atoms with E-state index >= 15 is 0 Å². The SMILES string of the molecule is COc1ccc(CC(=O)NCCNC(=O)COc2ccc(C)cc2)cc1. The molecular weight excluding hydrogens is 332 g/mol. The molecule has 0 heterocycles. The number of carbonyl (C=O) groups is 2. The number of methoxy groups -OCH3 is 1. The van der Waals surface area contributed by atoms with Crippen molar-refractivity contribution < 1.29 is 19.1 Å². The Labute approximate surface area is 153 Å². The number of amides is 2. The molecule has 0 spiro atoms. The van der Waals surface area contributed by atoms with Gasteiger partial charge in [-0.2, -0.15) is 0 Å². The number of hydrogen-bond acceptors (Lipinski definition) is 4. The lowest BCUT2D eigenvalue weighted by atomic mass is 10.1. The van der Waals surface area contributed by atoms with Gasteiger partial charge in [0, 0.05) is 13.1 Å². The molecule has 0 aliphatic carbocycles. The van der Waals surface area contributed by atoms with Crippen molar-refractivity contribution in [1.82, 2.24) is 10.6 Å². The maximum atomic E-state index is 11.9. The number of carbonyl (C=O) groups excluding carboxylic acids is 2. The fourth-order valence-corrected chi connectivity index (χ4v) is 2.23. The Morgan fingerprint density at radius 2 is 1.42 bits per heavy atom. The van der Waals surface area contributed by atoms with Crippen LogP contribution in [0, 0.1) is 6.92 Å². The zero-order chi connectivity index (χ0) is 18.8. The van der Waals surface area contributed by atoms with Gasteiger partial charge in [-0.1, -0.05) is 29.8 Å². The summed E-state index contributed by atoms with van der Waals surface area (Å²) >= 11 is 0. The van der Waals surface area contributed by atoms with Gasteiger partial charge in [-0.3, -0.25) is 9.59 Å². The molecule has 138 valence electrons. The molecule has 0 aliphatic rings. The molecule has 2 aromatic rings. The van der Waals surface area contributed by atoms with E-state index < -0.39 is 0 Å². The number of ether oxygens (including phenoxy) is 2. The van der Waals surface area contributed by atoms with Gasteiger partial charge in [0.15, 0.2) is 6.61 Å². The van der Waals surface area contributed by atoms with E-state index in [4.69, 9.17) is 9.47 Å². The molecule has 2 N–H and O–H groups in total. The molecule has 0 aliphatic heterocycles. The van der Waals surface area contributed by atoms with Gasteiger partial charge in [-0.25, -0.2) is 0 Å². The van der Waals surface area contributed by atoms with E-state index in [-0.39, 0.29) is 24.8 Å². The third-order valence-corrected chi connectivity index (χ3v) is 3.68. The van der Waals surface area contributed by atoms with Crippen molar-refractivity contribution in [3.8, 4) is 11.5 Å². The molecule has 0 saturated carbocycles. The predicted octanol–water partition coefficient (Wildman–Crippen LogP) is 1.86. The molecule has 2 amide bonds. The second kappa shape index (κ2) is 10.1. The average molecular weight is 356 g/mol. The van der Waals surface area contributed by atoms with Gasteiger partial charge in [-0.15, -0.1) is 0 Å². The highest BCUT2D eigenvalue weighted by Gasteiger charge is 2.05. The lowest BCUT2D eigenvalue weighted by molar-refractivity contribution is -0.124. The summed E-state index contributed by atoms with van der Waals surface area (Å²) < 4.78 is 10.5. The summed E-state index contributed by atoms with van der Waals surface area (Å²) in [4.78, 5) is 23.6. The van der Waals surface area contributed by atoms with Crippen LogP contribution in [-0.4, -0.2) is 38.6 Å². The van der Waals surface area contributed by atoms with E-state index in [0.29, 0.717) is 18.8 Å². The number of benzene rings is 2. The maximum absolute atomic E-state index is 11.9. The van der Waals surface area contributed by atoms with Crippen molar-refractivity contribution in [2.45, 2.75) is 13.3 Å². The molecule has 2 rings (SSSR count). The molecule has 2 aromatic carbocycles. The fourth-order valence-electron chi connectivity index (χ4n) is 2.23. The first-order valence-corrected chi connectivity index (χ1v) is 8.42. The van der Waals surface area contributed by atoms with Crippen molar-refractivity contribution in [2.75, 3.05) is 26.8 Å². The first-order valence-electron chi connectivity index (χ1n) is 8.42. The Kier molecular flexibility index (Phi) is 7.49. The number of rotatable bonds is 9. The van der Waals surface area contributed by atoms with Crippen LogP contribution in [0.5, 0.6) is 11.5 Å². The molecular formula is C20H24N2O4. The van der Waals surface area contributed by atoms with Crippen LogP contribution in [0.4, 0.5) is 0 Å². The largest absolute Gasteiger partial charge is 0.497 e. The first-order chi connectivity index (χ1) is 12.6. The van der Waals surface area contributed by atoms with Gasteiger partial charge in [0.1, 0.15) is 11.5 Å². The average Bonchev–Trinajstić information content (AvgIpc) is 2.65. The Hall–Kier alpha value is -3.02. The van der Waals surface area contributed by atoms with Crippen molar-refractivity contribution in [2.24, 2.45) is 0 Å². The minimum Gasteiger partial charge on any atom is -0.497 e. The molecule has 0 unspecified atom stereocenters. The van der Waals surface area contributed by atoms with Crippen molar-refractivity contribution in [3.05, 3.63) is 59.7 Å². The third kappa shape index (κ3) is 6.84. The molecule has 6 nitrogen and oxygen atoms in total. The lowest BCUT2D eigenvalue weighted by Crippen LogP contribution is -2.37. The summed E-state index contributed by atoms with van der Waals surface area (Å²) in [5, 5.41) is 5.47. The molecule has 0 aromatic heterocycles. The van der Waals surface area contributed by atoms with Crippen LogP contribution in [0.15, 0.2) is 48.5 Å². The van der Waals surface area contributed by atoms with Crippen LogP contribution in [-0.2, 0) is 16.0 Å². The normalized spacial score (nSPS) is 10.1. The van der Waals surface area contributed by atoms with Gasteiger partial charge in [0.2, 0.25) is 5.91 Å². The van der Waals surface area contributed by atoms with Crippen LogP contribution in [0.3, 0.4) is 0 Å². The molecule has 0 saturated heterocycles. The van der Waals surface area contributed by atoms with Crippen LogP contribution >= 0.6 is 0 Å². The smallest absolute Gasteiger partial charge is 0.258 e. The van der Waals surface area contributed by atoms with Crippen LogP contribution in [0.1, 0.15) is 11.1 Å². The van der Waals surface area contributed by atoms with Gasteiger partial charge in [0.25, 0.3) is 5.91 Å². The topological polar surface area (TPSA) is 76.7 Å². The highest BCUT2D eigenvalue weighted by molar-refractivity contribution is 5.79. The van der Waals surface area contributed by atoms with Gasteiger partial charge in [0.05, 0.1) is 13.5 Å². The maximum Gasteiger partial charge on any atom is 0.258 e. The van der Waals surface area contributed by atoms with Crippen molar-refractivity contribution in [1.29, 1.82) is 0 Å². The standard InChI is InChI=1S/C20H24N2O4/c1-15-3-7-18(8-4-15)26-14-20(24)22-12-11-21-19(23)13-16-5-9-17(25-2)10-6-16/h3-10H,11-14H2,1-2H3,(H,21,23)(H,22,24). The van der Waals surface area contributed by atoms with Crippen molar-refractivity contribution >= 4 is 11.8 Å². The second-order valence-electron chi connectivity index (χ2n) is 5.83. The van der Waals surface area contributed by atoms with Crippen LogP contribution < -0.4 is 20.1 Å². The zero-order valence-electron chi connectivity index (χ0n) is 15.1. The minimum absolute atomic E-state index is 0.0527. The molecule has 0 bridgehead atoms. The van der Waals surface area contributed by atoms with E-state index in [9.17, 15) is 9.59 Å². The van der Waals surface area contributed by atoms with E-state index in [0.717, 1.165) is 16.9 Å². The number of nitrogens with one attached hydrogen (secondary N) is 2.